The summed E-state index contributed by atoms with van der Waals surface area (Å²) in [5, 5.41) is 0. The minimum Gasteiger partial charge on any atom is -0.273 e. The summed E-state index contributed by atoms with van der Waals surface area (Å²) >= 11 is 0.864. The smallest absolute Gasteiger partial charge is 0.248 e. The Bertz CT molecular complexity index is 740. The SMILES string of the molecule is O=C(CSc1ccc(F)cc1F)NNC(=O)C[C@@H]1CCS(=O)(=O)C1. The molecule has 0 aromatic heterocycles. The van der Waals surface area contributed by atoms with Crippen LogP contribution in [0.15, 0.2) is 23.1 Å². The predicted molar refractivity (Wildman–Crippen MR) is 84.7 cm³/mol. The van der Waals surface area contributed by atoms with E-state index in [-0.39, 0.29) is 34.5 Å². The lowest BCUT2D eigenvalue weighted by Gasteiger charge is -2.10. The Hall–Kier alpha value is -1.68. The molecule has 1 atom stereocenters. The van der Waals surface area contributed by atoms with Crippen LogP contribution in [-0.4, -0.2) is 37.5 Å². The van der Waals surface area contributed by atoms with Gasteiger partial charge in [0.1, 0.15) is 11.6 Å². The molecule has 1 aliphatic heterocycles. The fourth-order valence-electron chi connectivity index (χ4n) is 2.26. The first-order chi connectivity index (χ1) is 11.2. The summed E-state index contributed by atoms with van der Waals surface area (Å²) in [6, 6.07) is 3.03. The van der Waals surface area contributed by atoms with E-state index in [1.807, 2.05) is 0 Å². The number of carbonyl (C=O) groups excluding carboxylic acids is 2. The summed E-state index contributed by atoms with van der Waals surface area (Å²) in [6.07, 6.45) is 0.447. The third-order valence-electron chi connectivity index (χ3n) is 3.39. The predicted octanol–water partition coefficient (Wildman–Crippen LogP) is 1.03. The number of carbonyl (C=O) groups is 2. The zero-order chi connectivity index (χ0) is 17.7. The lowest BCUT2D eigenvalue weighted by molar-refractivity contribution is -0.128. The van der Waals surface area contributed by atoms with Crippen LogP contribution in [0.1, 0.15) is 12.8 Å². The maximum Gasteiger partial charge on any atom is 0.248 e. The number of halogens is 2. The van der Waals surface area contributed by atoms with Crippen molar-refractivity contribution in [1.29, 1.82) is 0 Å². The van der Waals surface area contributed by atoms with Crippen molar-refractivity contribution in [1.82, 2.24) is 10.9 Å². The molecular weight excluding hydrogens is 362 g/mol. The van der Waals surface area contributed by atoms with Gasteiger partial charge in [0.05, 0.1) is 17.3 Å². The normalized spacial score (nSPS) is 19.0. The first-order valence-corrected chi connectivity index (χ1v) is 9.92. The molecular formula is C14H16F2N2O4S2. The molecule has 24 heavy (non-hydrogen) atoms. The number of hydrogen-bond acceptors (Lipinski definition) is 5. The van der Waals surface area contributed by atoms with Gasteiger partial charge in [-0.15, -0.1) is 11.8 Å². The van der Waals surface area contributed by atoms with Crippen LogP contribution in [-0.2, 0) is 19.4 Å². The van der Waals surface area contributed by atoms with E-state index in [4.69, 9.17) is 0 Å². The van der Waals surface area contributed by atoms with E-state index in [1.54, 1.807) is 0 Å². The first-order valence-electron chi connectivity index (χ1n) is 7.11. The summed E-state index contributed by atoms with van der Waals surface area (Å²) in [5.74, 6) is -2.86. The van der Waals surface area contributed by atoms with Crippen LogP contribution >= 0.6 is 11.8 Å². The third-order valence-corrected chi connectivity index (χ3v) is 6.28. The molecule has 2 rings (SSSR count). The average molecular weight is 378 g/mol. The van der Waals surface area contributed by atoms with Gasteiger partial charge in [-0.05, 0) is 24.5 Å². The van der Waals surface area contributed by atoms with Gasteiger partial charge in [0.25, 0.3) is 0 Å². The third kappa shape index (κ3) is 5.75. The van der Waals surface area contributed by atoms with Crippen LogP contribution in [0.3, 0.4) is 0 Å². The topological polar surface area (TPSA) is 92.3 Å². The van der Waals surface area contributed by atoms with Crippen LogP contribution < -0.4 is 10.9 Å². The lowest BCUT2D eigenvalue weighted by Crippen LogP contribution is -2.43. The maximum absolute atomic E-state index is 13.4. The average Bonchev–Trinajstić information content (AvgIpc) is 2.83. The summed E-state index contributed by atoms with van der Waals surface area (Å²) in [5.41, 5.74) is 4.37. The maximum atomic E-state index is 13.4. The number of rotatable bonds is 5. The van der Waals surface area contributed by atoms with Gasteiger partial charge in [-0.1, -0.05) is 0 Å². The van der Waals surface area contributed by atoms with E-state index in [1.165, 1.54) is 6.07 Å². The van der Waals surface area contributed by atoms with E-state index < -0.39 is 33.3 Å². The quantitative estimate of drug-likeness (QED) is 0.590. The molecule has 0 spiro atoms. The minimum atomic E-state index is -3.05. The van der Waals surface area contributed by atoms with Gasteiger partial charge in [-0.25, -0.2) is 17.2 Å². The van der Waals surface area contributed by atoms with Gasteiger partial charge < -0.3 is 0 Å². The highest BCUT2D eigenvalue weighted by atomic mass is 32.2. The number of sulfone groups is 1. The highest BCUT2D eigenvalue weighted by molar-refractivity contribution is 8.00. The van der Waals surface area contributed by atoms with Crippen LogP contribution in [0.4, 0.5) is 8.78 Å². The number of nitrogens with one attached hydrogen (secondary N) is 2. The van der Waals surface area contributed by atoms with E-state index in [0.717, 1.165) is 23.9 Å². The molecule has 0 saturated carbocycles. The Morgan fingerprint density at radius 1 is 1.21 bits per heavy atom. The lowest BCUT2D eigenvalue weighted by atomic mass is 10.1. The van der Waals surface area contributed by atoms with Gasteiger partial charge in [0.15, 0.2) is 9.84 Å². The van der Waals surface area contributed by atoms with Crippen LogP contribution in [0.5, 0.6) is 0 Å². The van der Waals surface area contributed by atoms with Crippen molar-refractivity contribution in [3.8, 4) is 0 Å². The minimum absolute atomic E-state index is 0.0131. The largest absolute Gasteiger partial charge is 0.273 e. The number of benzene rings is 1. The molecule has 0 aliphatic carbocycles. The molecule has 0 radical (unpaired) electrons. The van der Waals surface area contributed by atoms with E-state index >= 15 is 0 Å². The molecule has 1 fully saturated rings. The summed E-state index contributed by atoms with van der Waals surface area (Å²) < 4.78 is 48.7. The van der Waals surface area contributed by atoms with E-state index in [9.17, 15) is 26.8 Å². The fourth-order valence-corrected chi connectivity index (χ4v) is 4.84. The highest BCUT2D eigenvalue weighted by Gasteiger charge is 2.29. The second kappa shape index (κ2) is 7.93. The summed E-state index contributed by atoms with van der Waals surface area (Å²) in [4.78, 5) is 23.4. The van der Waals surface area contributed by atoms with Gasteiger partial charge in [0, 0.05) is 17.4 Å². The Morgan fingerprint density at radius 2 is 1.92 bits per heavy atom. The highest BCUT2D eigenvalue weighted by Crippen LogP contribution is 2.22. The van der Waals surface area contributed by atoms with E-state index in [2.05, 4.69) is 10.9 Å². The Kier molecular flexibility index (Phi) is 6.16. The molecule has 2 N–H and O–H groups in total. The van der Waals surface area contributed by atoms with Crippen molar-refractivity contribution in [3.05, 3.63) is 29.8 Å². The molecule has 0 unspecified atom stereocenters. The van der Waals surface area contributed by atoms with Gasteiger partial charge in [-0.3, -0.25) is 20.4 Å². The molecule has 1 heterocycles. The molecule has 10 heteroatoms. The van der Waals surface area contributed by atoms with Gasteiger partial charge in [-0.2, -0.15) is 0 Å². The van der Waals surface area contributed by atoms with Crippen molar-refractivity contribution < 1.29 is 26.8 Å². The Balaban J connectivity index is 1.70. The number of amides is 2. The first kappa shape index (κ1) is 18.7. The van der Waals surface area contributed by atoms with Crippen molar-refractivity contribution in [2.45, 2.75) is 17.7 Å². The second-order valence-electron chi connectivity index (χ2n) is 5.43. The molecule has 132 valence electrons. The molecule has 1 saturated heterocycles. The van der Waals surface area contributed by atoms with Crippen molar-refractivity contribution in [2.75, 3.05) is 17.3 Å². The Morgan fingerprint density at radius 3 is 2.54 bits per heavy atom. The number of hydrazine groups is 1. The zero-order valence-corrected chi connectivity index (χ0v) is 14.2. The van der Waals surface area contributed by atoms with Crippen molar-refractivity contribution >= 4 is 33.4 Å². The molecule has 6 nitrogen and oxygen atoms in total. The van der Waals surface area contributed by atoms with E-state index in [0.29, 0.717) is 6.42 Å². The fraction of sp³-hybridized carbons (Fsp3) is 0.429. The van der Waals surface area contributed by atoms with Crippen molar-refractivity contribution in [3.63, 3.8) is 0 Å². The molecule has 1 aromatic carbocycles. The van der Waals surface area contributed by atoms with Crippen LogP contribution in [0.2, 0.25) is 0 Å². The Labute approximate surface area is 142 Å². The zero-order valence-electron chi connectivity index (χ0n) is 12.6. The second-order valence-corrected chi connectivity index (χ2v) is 8.68. The van der Waals surface area contributed by atoms with Crippen molar-refractivity contribution in [2.24, 2.45) is 5.92 Å². The molecule has 1 aliphatic rings. The summed E-state index contributed by atoms with van der Waals surface area (Å²) in [7, 11) is -3.05. The molecule has 1 aromatic rings. The van der Waals surface area contributed by atoms with Crippen LogP contribution in [0.25, 0.3) is 0 Å². The summed E-state index contributed by atoms with van der Waals surface area (Å²) in [6.45, 7) is 0. The number of hydrogen-bond donors (Lipinski definition) is 2. The molecule has 0 bridgehead atoms. The monoisotopic (exact) mass is 378 g/mol. The molecule has 2 amide bonds. The van der Waals surface area contributed by atoms with Gasteiger partial charge >= 0.3 is 0 Å². The number of thioether (sulfide) groups is 1. The van der Waals surface area contributed by atoms with Crippen LogP contribution in [0, 0.1) is 17.6 Å². The van der Waals surface area contributed by atoms with Gasteiger partial charge in [0.2, 0.25) is 11.8 Å². The standard InChI is InChI=1S/C14H16F2N2O4S2/c15-10-1-2-12(11(16)6-10)23-7-14(20)18-17-13(19)5-9-3-4-24(21,22)8-9/h1-2,6,9H,3-5,7-8H2,(H,17,19)(H,18,20)/t9-/m0/s1.